The van der Waals surface area contributed by atoms with Gasteiger partial charge in [0.05, 0.1) is 10.9 Å². The minimum Gasteiger partial charge on any atom is -0.456 e. The van der Waals surface area contributed by atoms with Gasteiger partial charge in [0.15, 0.2) is 5.43 Å². The van der Waals surface area contributed by atoms with Gasteiger partial charge in [-0.05, 0) is 53.2 Å². The summed E-state index contributed by atoms with van der Waals surface area (Å²) < 4.78 is 6.62. The molecule has 138 valence electrons. The lowest BCUT2D eigenvalue weighted by Crippen LogP contribution is -2.13. The van der Waals surface area contributed by atoms with E-state index < -0.39 is 0 Å². The number of halogens is 1. The van der Waals surface area contributed by atoms with E-state index in [1.54, 1.807) is 36.4 Å². The topological polar surface area (TPSA) is 59.3 Å². The fourth-order valence-corrected chi connectivity index (χ4v) is 3.40. The van der Waals surface area contributed by atoms with Crippen LogP contribution in [0.3, 0.4) is 0 Å². The van der Waals surface area contributed by atoms with Crippen LogP contribution in [0.15, 0.2) is 86.5 Å². The molecule has 0 atom stereocenters. The van der Waals surface area contributed by atoms with Crippen LogP contribution in [-0.2, 0) is 0 Å². The Bertz CT molecular complexity index is 1240. The van der Waals surface area contributed by atoms with Crippen LogP contribution in [0.5, 0.6) is 0 Å². The van der Waals surface area contributed by atoms with Crippen LogP contribution in [0.4, 0.5) is 5.69 Å². The Morgan fingerprint density at radius 3 is 2.46 bits per heavy atom. The van der Waals surface area contributed by atoms with Crippen LogP contribution in [0.2, 0.25) is 0 Å². The molecule has 4 aromatic rings. The molecule has 0 aliphatic carbocycles. The van der Waals surface area contributed by atoms with E-state index >= 15 is 0 Å². The van der Waals surface area contributed by atoms with Gasteiger partial charge < -0.3 is 9.73 Å². The number of rotatable bonds is 3. The number of aryl methyl sites for hydroxylation is 1. The predicted octanol–water partition coefficient (Wildman–Crippen LogP) is 5.78. The summed E-state index contributed by atoms with van der Waals surface area (Å²) in [6.07, 6.45) is 0. The number of anilines is 1. The molecule has 4 nitrogen and oxygen atoms in total. The molecule has 0 radical (unpaired) electrons. The number of carbonyl (C=O) groups excluding carboxylic acids is 1. The molecule has 0 aliphatic rings. The fourth-order valence-electron chi connectivity index (χ4n) is 2.94. The van der Waals surface area contributed by atoms with Crippen LogP contribution in [-0.4, -0.2) is 5.91 Å². The second kappa shape index (κ2) is 7.44. The third kappa shape index (κ3) is 3.62. The van der Waals surface area contributed by atoms with Crippen molar-refractivity contribution in [2.45, 2.75) is 6.92 Å². The molecule has 1 heterocycles. The van der Waals surface area contributed by atoms with Gasteiger partial charge in [0, 0.05) is 21.8 Å². The first-order valence-electron chi connectivity index (χ1n) is 8.72. The standard InChI is InChI=1S/C23H16BrNO3/c1-14-6-8-15(9-7-14)22-13-20(26)18-12-16(10-11-21(18)28-22)25-23(27)17-4-2-3-5-19(17)24/h2-13H,1H3,(H,25,27). The maximum Gasteiger partial charge on any atom is 0.256 e. The summed E-state index contributed by atoms with van der Waals surface area (Å²) in [5.74, 6) is 0.259. The van der Waals surface area contributed by atoms with Crippen LogP contribution >= 0.6 is 15.9 Å². The third-order valence-corrected chi connectivity index (χ3v) is 5.13. The van der Waals surface area contributed by atoms with Crippen molar-refractivity contribution >= 4 is 38.5 Å². The van der Waals surface area contributed by atoms with Gasteiger partial charge in [-0.2, -0.15) is 0 Å². The molecule has 0 aliphatic heterocycles. The lowest BCUT2D eigenvalue weighted by molar-refractivity contribution is 0.102. The van der Waals surface area contributed by atoms with Gasteiger partial charge in [0.25, 0.3) is 5.91 Å². The zero-order valence-corrected chi connectivity index (χ0v) is 16.6. The molecule has 28 heavy (non-hydrogen) atoms. The molecular weight excluding hydrogens is 418 g/mol. The average Bonchev–Trinajstić information content (AvgIpc) is 2.69. The first kappa shape index (κ1) is 18.2. The highest BCUT2D eigenvalue weighted by atomic mass is 79.9. The number of carbonyl (C=O) groups is 1. The molecule has 1 N–H and O–H groups in total. The van der Waals surface area contributed by atoms with Crippen molar-refractivity contribution in [1.29, 1.82) is 0 Å². The number of nitrogens with one attached hydrogen (secondary N) is 1. The highest BCUT2D eigenvalue weighted by Gasteiger charge is 2.12. The molecule has 0 unspecified atom stereocenters. The first-order valence-corrected chi connectivity index (χ1v) is 9.51. The highest BCUT2D eigenvalue weighted by molar-refractivity contribution is 9.10. The smallest absolute Gasteiger partial charge is 0.256 e. The molecule has 1 aromatic heterocycles. The minimum atomic E-state index is -0.257. The molecule has 1 amide bonds. The second-order valence-electron chi connectivity index (χ2n) is 6.49. The zero-order chi connectivity index (χ0) is 19.7. The SMILES string of the molecule is Cc1ccc(-c2cc(=O)c3cc(NC(=O)c4ccccc4Br)ccc3o2)cc1. The van der Waals surface area contributed by atoms with Gasteiger partial charge in [-0.1, -0.05) is 42.0 Å². The van der Waals surface area contributed by atoms with Gasteiger partial charge in [-0.3, -0.25) is 9.59 Å². The Labute approximate surface area is 170 Å². The van der Waals surface area contributed by atoms with Crippen molar-refractivity contribution in [3.63, 3.8) is 0 Å². The molecule has 4 rings (SSSR count). The van der Waals surface area contributed by atoms with E-state index in [2.05, 4.69) is 21.2 Å². The number of benzene rings is 3. The number of hydrogen-bond donors (Lipinski definition) is 1. The lowest BCUT2D eigenvalue weighted by Gasteiger charge is -2.08. The Morgan fingerprint density at radius 2 is 1.71 bits per heavy atom. The second-order valence-corrected chi connectivity index (χ2v) is 7.34. The van der Waals surface area contributed by atoms with Gasteiger partial charge in [0.1, 0.15) is 11.3 Å². The van der Waals surface area contributed by atoms with Crippen molar-refractivity contribution < 1.29 is 9.21 Å². The summed E-state index contributed by atoms with van der Waals surface area (Å²) in [7, 11) is 0. The lowest BCUT2D eigenvalue weighted by atomic mass is 10.1. The Kier molecular flexibility index (Phi) is 4.84. The molecule has 3 aromatic carbocycles. The maximum atomic E-state index is 12.6. The first-order chi connectivity index (χ1) is 13.5. The van der Waals surface area contributed by atoms with Gasteiger partial charge >= 0.3 is 0 Å². The Morgan fingerprint density at radius 1 is 0.964 bits per heavy atom. The molecule has 0 saturated heterocycles. The molecule has 0 spiro atoms. The normalized spacial score (nSPS) is 10.8. The Balaban J connectivity index is 1.68. The largest absolute Gasteiger partial charge is 0.456 e. The summed E-state index contributed by atoms with van der Waals surface area (Å²) in [6, 6.07) is 21.5. The third-order valence-electron chi connectivity index (χ3n) is 4.44. The van der Waals surface area contributed by atoms with E-state index in [-0.39, 0.29) is 11.3 Å². The number of hydrogen-bond acceptors (Lipinski definition) is 3. The van der Waals surface area contributed by atoms with Crippen molar-refractivity contribution in [3.05, 3.63) is 98.6 Å². The number of fused-ring (bicyclic) bond motifs is 1. The van der Waals surface area contributed by atoms with E-state index in [0.29, 0.717) is 32.5 Å². The molecule has 0 fully saturated rings. The van der Waals surface area contributed by atoms with E-state index in [9.17, 15) is 9.59 Å². The van der Waals surface area contributed by atoms with Crippen LogP contribution in [0.25, 0.3) is 22.3 Å². The van der Waals surface area contributed by atoms with Crippen molar-refractivity contribution in [2.24, 2.45) is 0 Å². The minimum absolute atomic E-state index is 0.159. The van der Waals surface area contributed by atoms with E-state index in [4.69, 9.17) is 4.42 Å². The van der Waals surface area contributed by atoms with Gasteiger partial charge in [0.2, 0.25) is 0 Å². The van der Waals surface area contributed by atoms with Crippen molar-refractivity contribution in [1.82, 2.24) is 0 Å². The molecule has 5 heteroatoms. The predicted molar refractivity (Wildman–Crippen MR) is 115 cm³/mol. The van der Waals surface area contributed by atoms with Gasteiger partial charge in [-0.25, -0.2) is 0 Å². The van der Waals surface area contributed by atoms with Gasteiger partial charge in [-0.15, -0.1) is 0 Å². The zero-order valence-electron chi connectivity index (χ0n) is 15.0. The monoisotopic (exact) mass is 433 g/mol. The fraction of sp³-hybridized carbons (Fsp3) is 0.0435. The summed E-state index contributed by atoms with van der Waals surface area (Å²) in [5.41, 5.74) is 3.34. The van der Waals surface area contributed by atoms with Crippen LogP contribution < -0.4 is 10.7 Å². The van der Waals surface area contributed by atoms with Crippen LogP contribution in [0.1, 0.15) is 15.9 Å². The Hall–Kier alpha value is -3.18. The quantitative estimate of drug-likeness (QED) is 0.445. The average molecular weight is 434 g/mol. The van der Waals surface area contributed by atoms with E-state index in [0.717, 1.165) is 11.1 Å². The van der Waals surface area contributed by atoms with Crippen molar-refractivity contribution in [2.75, 3.05) is 5.32 Å². The number of amides is 1. The summed E-state index contributed by atoms with van der Waals surface area (Å²) in [4.78, 5) is 25.1. The van der Waals surface area contributed by atoms with E-state index in [1.165, 1.54) is 6.07 Å². The van der Waals surface area contributed by atoms with E-state index in [1.807, 2.05) is 37.3 Å². The molecule has 0 bridgehead atoms. The van der Waals surface area contributed by atoms with Crippen molar-refractivity contribution in [3.8, 4) is 11.3 Å². The highest BCUT2D eigenvalue weighted by Crippen LogP contribution is 2.25. The summed E-state index contributed by atoms with van der Waals surface area (Å²) in [6.45, 7) is 2.00. The molecule has 0 saturated carbocycles. The molecular formula is C23H16BrNO3. The maximum absolute atomic E-state index is 12.6. The summed E-state index contributed by atoms with van der Waals surface area (Å²) in [5, 5.41) is 3.24. The summed E-state index contributed by atoms with van der Waals surface area (Å²) >= 11 is 3.37. The van der Waals surface area contributed by atoms with Crippen LogP contribution in [0, 0.1) is 6.92 Å².